The van der Waals surface area contributed by atoms with Gasteiger partial charge in [-0.05, 0) is 87.3 Å². The van der Waals surface area contributed by atoms with Crippen LogP contribution in [0.15, 0.2) is 210 Å². The highest BCUT2D eigenvalue weighted by Crippen LogP contribution is 2.63. The summed E-state index contributed by atoms with van der Waals surface area (Å²) in [5.41, 5.74) is 16.1. The van der Waals surface area contributed by atoms with Crippen LogP contribution in [0.5, 0.6) is 0 Å². The minimum Gasteiger partial charge on any atom is -0.247 e. The van der Waals surface area contributed by atoms with E-state index in [2.05, 4.69) is 194 Å². The summed E-state index contributed by atoms with van der Waals surface area (Å²) in [6.45, 7) is 0. The van der Waals surface area contributed by atoms with Crippen molar-refractivity contribution in [2.24, 2.45) is 0 Å². The van der Waals surface area contributed by atoms with Crippen molar-refractivity contribution in [3.63, 3.8) is 0 Å². The Balaban J connectivity index is 1.11. The average Bonchev–Trinajstić information content (AvgIpc) is 3.59. The first-order valence-electron chi connectivity index (χ1n) is 20.4. The van der Waals surface area contributed by atoms with E-state index in [0.717, 1.165) is 71.9 Å². The van der Waals surface area contributed by atoms with Crippen molar-refractivity contribution in [3.8, 4) is 44.9 Å². The Morgan fingerprint density at radius 3 is 1.62 bits per heavy atom. The van der Waals surface area contributed by atoms with Crippen LogP contribution >= 0.6 is 11.8 Å². The van der Waals surface area contributed by atoms with Crippen molar-refractivity contribution in [1.82, 2.24) is 15.0 Å². The Hall–Kier alpha value is -7.40. The number of aromatic nitrogens is 3. The molecule has 1 aliphatic heterocycles. The lowest BCUT2D eigenvalue weighted by molar-refractivity contribution is 0.723. The third kappa shape index (κ3) is 4.77. The first-order valence-corrected chi connectivity index (χ1v) is 21.2. The molecule has 1 spiro atoms. The second-order valence-corrected chi connectivity index (χ2v) is 16.9. The molecule has 11 aromatic rings. The maximum absolute atomic E-state index is 5.43. The van der Waals surface area contributed by atoms with Gasteiger partial charge in [0.15, 0.2) is 0 Å². The van der Waals surface area contributed by atoms with Gasteiger partial charge in [0.1, 0.15) is 0 Å². The minimum atomic E-state index is -0.530. The second kappa shape index (κ2) is 12.8. The summed E-state index contributed by atoms with van der Waals surface area (Å²) in [5.74, 6) is 0. The fourth-order valence-electron chi connectivity index (χ4n) is 10.0. The van der Waals surface area contributed by atoms with Crippen molar-refractivity contribution >= 4 is 55.2 Å². The molecule has 3 aromatic heterocycles. The van der Waals surface area contributed by atoms with Crippen molar-refractivity contribution in [2.45, 2.75) is 15.2 Å². The van der Waals surface area contributed by atoms with Crippen LogP contribution in [0.2, 0.25) is 0 Å². The van der Waals surface area contributed by atoms with E-state index in [4.69, 9.17) is 15.0 Å². The molecule has 8 aromatic carbocycles. The van der Waals surface area contributed by atoms with Crippen molar-refractivity contribution in [3.05, 3.63) is 222 Å². The highest BCUT2D eigenvalue weighted by atomic mass is 32.2. The summed E-state index contributed by atoms with van der Waals surface area (Å²) in [5, 5.41) is 5.66. The summed E-state index contributed by atoms with van der Waals surface area (Å²) < 4.78 is 0. The maximum Gasteiger partial charge on any atom is 0.0972 e. The van der Waals surface area contributed by atoms with Gasteiger partial charge in [-0.2, -0.15) is 0 Å². The van der Waals surface area contributed by atoms with Crippen LogP contribution in [-0.2, 0) is 5.41 Å². The van der Waals surface area contributed by atoms with Gasteiger partial charge in [-0.25, -0.2) is 15.0 Å². The van der Waals surface area contributed by atoms with Gasteiger partial charge >= 0.3 is 0 Å². The molecule has 0 fully saturated rings. The van der Waals surface area contributed by atoms with Crippen LogP contribution in [-0.4, -0.2) is 15.0 Å². The van der Waals surface area contributed by atoms with E-state index in [9.17, 15) is 0 Å². The molecule has 60 heavy (non-hydrogen) atoms. The van der Waals surface area contributed by atoms with Crippen LogP contribution in [0.4, 0.5) is 0 Å². The normalized spacial score (nSPS) is 13.4. The molecule has 13 rings (SSSR count). The molecule has 0 N–H and O–H groups in total. The van der Waals surface area contributed by atoms with E-state index in [1.165, 1.54) is 48.6 Å². The largest absolute Gasteiger partial charge is 0.247 e. The van der Waals surface area contributed by atoms with E-state index in [1.807, 2.05) is 17.8 Å². The average molecular weight is 780 g/mol. The zero-order chi connectivity index (χ0) is 39.4. The summed E-state index contributed by atoms with van der Waals surface area (Å²) >= 11 is 1.87. The lowest BCUT2D eigenvalue weighted by atomic mass is 9.67. The first kappa shape index (κ1) is 33.6. The molecule has 3 nitrogen and oxygen atoms in total. The smallest absolute Gasteiger partial charge is 0.0972 e. The number of rotatable bonds is 3. The third-order valence-electron chi connectivity index (χ3n) is 12.7. The number of hydrogen-bond acceptors (Lipinski definition) is 4. The molecule has 0 saturated heterocycles. The molecule has 2 aliphatic rings. The monoisotopic (exact) mass is 779 g/mol. The zero-order valence-corrected chi connectivity index (χ0v) is 33.1. The standard InChI is InChI=1S/C56H33N3S/c1-3-13-34(14-4-1)48-29-26-36-23-24-37-27-30-49(58-55(37)54(36)57-48)38-25-28-44-41(31-38)42-32-43-40(39-17-7-10-20-50(39)59-53(43)35-15-5-2-6-16-35)33-47(42)56(44)45-18-8-11-21-51(45)60-52-22-12-9-19-46(52)56/h1-33H. The van der Waals surface area contributed by atoms with E-state index in [-0.39, 0.29) is 0 Å². The highest BCUT2D eigenvalue weighted by molar-refractivity contribution is 7.99. The lowest BCUT2D eigenvalue weighted by Gasteiger charge is -2.39. The number of hydrogen-bond donors (Lipinski definition) is 0. The number of pyridine rings is 3. The summed E-state index contributed by atoms with van der Waals surface area (Å²) in [6.07, 6.45) is 0. The van der Waals surface area contributed by atoms with E-state index < -0.39 is 5.41 Å². The van der Waals surface area contributed by atoms with Crippen LogP contribution in [0.3, 0.4) is 0 Å². The second-order valence-electron chi connectivity index (χ2n) is 15.9. The summed E-state index contributed by atoms with van der Waals surface area (Å²) in [4.78, 5) is 18.6. The van der Waals surface area contributed by atoms with Gasteiger partial charge in [0.25, 0.3) is 0 Å². The maximum atomic E-state index is 5.43. The Bertz CT molecular complexity index is 3530. The third-order valence-corrected chi connectivity index (χ3v) is 13.8. The zero-order valence-electron chi connectivity index (χ0n) is 32.3. The number of para-hydroxylation sites is 1. The molecular weight excluding hydrogens is 747 g/mol. The number of benzene rings is 8. The molecule has 4 heteroatoms. The predicted octanol–water partition coefficient (Wildman–Crippen LogP) is 14.3. The Morgan fingerprint density at radius 2 is 0.917 bits per heavy atom. The van der Waals surface area contributed by atoms with E-state index in [1.54, 1.807) is 0 Å². The van der Waals surface area contributed by atoms with Crippen LogP contribution < -0.4 is 0 Å². The molecule has 4 heterocycles. The van der Waals surface area contributed by atoms with Crippen molar-refractivity contribution in [2.75, 3.05) is 0 Å². The van der Waals surface area contributed by atoms with Gasteiger partial charge in [-0.1, -0.05) is 163 Å². The van der Waals surface area contributed by atoms with Crippen molar-refractivity contribution in [1.29, 1.82) is 0 Å². The molecule has 0 radical (unpaired) electrons. The summed E-state index contributed by atoms with van der Waals surface area (Å²) in [6, 6.07) is 72.6. The number of fused-ring (bicyclic) bond motifs is 15. The van der Waals surface area contributed by atoms with Gasteiger partial charge in [-0.15, -0.1) is 0 Å². The molecule has 0 saturated carbocycles. The molecule has 1 aliphatic carbocycles. The van der Waals surface area contributed by atoms with Crippen LogP contribution in [0.1, 0.15) is 22.3 Å². The fourth-order valence-corrected chi connectivity index (χ4v) is 11.2. The fraction of sp³-hybridized carbons (Fsp3) is 0.0179. The van der Waals surface area contributed by atoms with Gasteiger partial charge < -0.3 is 0 Å². The lowest BCUT2D eigenvalue weighted by Crippen LogP contribution is -2.31. The van der Waals surface area contributed by atoms with E-state index in [0.29, 0.717) is 0 Å². The Labute approximate surface area is 351 Å². The molecule has 0 unspecified atom stereocenters. The molecule has 0 atom stereocenters. The Morgan fingerprint density at radius 1 is 0.350 bits per heavy atom. The molecule has 278 valence electrons. The van der Waals surface area contributed by atoms with Gasteiger partial charge in [-0.3, -0.25) is 0 Å². The molecule has 0 bridgehead atoms. The Kier molecular flexibility index (Phi) is 7.16. The quantitative estimate of drug-likeness (QED) is 0.167. The van der Waals surface area contributed by atoms with Crippen molar-refractivity contribution < 1.29 is 0 Å². The first-order chi connectivity index (χ1) is 29.7. The number of nitrogens with zero attached hydrogens (tertiary/aromatic N) is 3. The van der Waals surface area contributed by atoms with Gasteiger partial charge in [0.2, 0.25) is 0 Å². The predicted molar refractivity (Wildman–Crippen MR) is 248 cm³/mol. The summed E-state index contributed by atoms with van der Waals surface area (Å²) in [7, 11) is 0. The van der Waals surface area contributed by atoms with Crippen LogP contribution in [0.25, 0.3) is 88.4 Å². The molecular formula is C56H33N3S. The van der Waals surface area contributed by atoms with E-state index >= 15 is 0 Å². The van der Waals surface area contributed by atoms with Crippen LogP contribution in [0, 0.1) is 0 Å². The molecule has 0 amide bonds. The minimum absolute atomic E-state index is 0.530. The van der Waals surface area contributed by atoms with Gasteiger partial charge in [0, 0.05) is 48.0 Å². The van der Waals surface area contributed by atoms with Gasteiger partial charge in [0.05, 0.1) is 39.0 Å². The SMILES string of the molecule is c1ccc(-c2ccc3ccc4ccc(-c5ccc6c(c5)-c5cc7c(-c8ccccc8)nc8ccccc8c7cc5C65c6ccccc6Sc6ccccc65)nc4c3n2)cc1. The topological polar surface area (TPSA) is 38.7 Å². The highest BCUT2D eigenvalue weighted by Gasteiger charge is 2.50.